The fourth-order valence-electron chi connectivity index (χ4n) is 1.70. The molecule has 1 aromatic carbocycles. The third-order valence-electron chi connectivity index (χ3n) is 2.64. The lowest BCUT2D eigenvalue weighted by Crippen LogP contribution is -2.25. The summed E-state index contributed by atoms with van der Waals surface area (Å²) in [5, 5.41) is 2.89. The monoisotopic (exact) mass is 264 g/mol. The topological polar surface area (TPSA) is 64.3 Å². The molecule has 0 saturated carbocycles. The molecule has 4 nitrogen and oxygen atoms in total. The van der Waals surface area contributed by atoms with Crippen molar-refractivity contribution in [3.05, 3.63) is 29.8 Å². The van der Waals surface area contributed by atoms with Crippen LogP contribution >= 0.6 is 0 Å². The largest absolute Gasteiger partial charge is 0.491 e. The Kier molecular flexibility index (Phi) is 6.97. The van der Waals surface area contributed by atoms with Crippen molar-refractivity contribution in [1.82, 2.24) is 5.32 Å². The van der Waals surface area contributed by atoms with Gasteiger partial charge in [-0.25, -0.2) is 0 Å². The Bertz CT molecular complexity index is 374. The van der Waals surface area contributed by atoms with Crippen LogP contribution in [0.4, 0.5) is 0 Å². The fraction of sp³-hybridized carbons (Fsp3) is 0.533. The van der Waals surface area contributed by atoms with Crippen LogP contribution in [0.1, 0.15) is 32.3 Å². The molecule has 1 aromatic rings. The van der Waals surface area contributed by atoms with Crippen LogP contribution in [-0.4, -0.2) is 25.1 Å². The van der Waals surface area contributed by atoms with Crippen LogP contribution in [0.2, 0.25) is 0 Å². The van der Waals surface area contributed by atoms with Crippen LogP contribution in [0.25, 0.3) is 0 Å². The van der Waals surface area contributed by atoms with Crippen LogP contribution in [0.15, 0.2) is 24.3 Å². The zero-order valence-electron chi connectivity index (χ0n) is 11.8. The number of nitrogens with two attached hydrogens (primary N) is 1. The van der Waals surface area contributed by atoms with Gasteiger partial charge in [-0.1, -0.05) is 12.1 Å². The number of rotatable bonds is 8. The van der Waals surface area contributed by atoms with E-state index in [2.05, 4.69) is 5.32 Å². The third-order valence-corrected chi connectivity index (χ3v) is 2.64. The van der Waals surface area contributed by atoms with Crippen LogP contribution in [0.5, 0.6) is 5.75 Å². The molecule has 0 radical (unpaired) electrons. The molecule has 0 aromatic heterocycles. The second kappa shape index (κ2) is 8.53. The summed E-state index contributed by atoms with van der Waals surface area (Å²) in [6.07, 6.45) is 2.27. The van der Waals surface area contributed by atoms with E-state index in [9.17, 15) is 4.79 Å². The van der Waals surface area contributed by atoms with Crippen molar-refractivity contribution in [1.29, 1.82) is 0 Å². The van der Waals surface area contributed by atoms with E-state index in [1.807, 2.05) is 38.1 Å². The number of hydrogen-bond donors (Lipinski definition) is 2. The first-order valence-electron chi connectivity index (χ1n) is 6.84. The molecule has 1 rings (SSSR count). The van der Waals surface area contributed by atoms with Crippen molar-refractivity contribution in [2.45, 2.75) is 39.2 Å². The van der Waals surface area contributed by atoms with Crippen LogP contribution in [0, 0.1) is 0 Å². The summed E-state index contributed by atoms with van der Waals surface area (Å²) in [6.45, 7) is 5.23. The zero-order valence-corrected chi connectivity index (χ0v) is 11.8. The van der Waals surface area contributed by atoms with Gasteiger partial charge in [0.1, 0.15) is 5.75 Å². The van der Waals surface area contributed by atoms with E-state index < -0.39 is 0 Å². The van der Waals surface area contributed by atoms with Gasteiger partial charge in [-0.15, -0.1) is 0 Å². The van der Waals surface area contributed by atoms with Gasteiger partial charge in [0.05, 0.1) is 6.10 Å². The van der Waals surface area contributed by atoms with Crippen molar-refractivity contribution in [2.75, 3.05) is 13.1 Å². The molecule has 0 atom stereocenters. The number of ether oxygens (including phenoxy) is 1. The molecule has 3 N–H and O–H groups in total. The Labute approximate surface area is 115 Å². The Morgan fingerprint density at radius 1 is 1.32 bits per heavy atom. The normalized spacial score (nSPS) is 10.5. The van der Waals surface area contributed by atoms with Gasteiger partial charge >= 0.3 is 0 Å². The lowest BCUT2D eigenvalue weighted by Gasteiger charge is -2.10. The fourth-order valence-corrected chi connectivity index (χ4v) is 1.70. The van der Waals surface area contributed by atoms with Gasteiger partial charge in [-0.2, -0.15) is 0 Å². The summed E-state index contributed by atoms with van der Waals surface area (Å²) < 4.78 is 5.57. The molecule has 0 saturated heterocycles. The molecule has 0 aliphatic rings. The van der Waals surface area contributed by atoms with Crippen LogP contribution < -0.4 is 15.8 Å². The summed E-state index contributed by atoms with van der Waals surface area (Å²) in [7, 11) is 0. The van der Waals surface area contributed by atoms with Gasteiger partial charge in [0.2, 0.25) is 5.91 Å². The van der Waals surface area contributed by atoms with Crippen molar-refractivity contribution in [3.8, 4) is 5.75 Å². The second-order valence-electron chi connectivity index (χ2n) is 4.80. The maximum absolute atomic E-state index is 11.4. The van der Waals surface area contributed by atoms with Crippen LogP contribution in [0.3, 0.4) is 0 Å². The second-order valence-corrected chi connectivity index (χ2v) is 4.80. The molecule has 0 bridgehead atoms. The number of nitrogens with one attached hydrogen (secondary N) is 1. The minimum Gasteiger partial charge on any atom is -0.491 e. The zero-order chi connectivity index (χ0) is 14.1. The Balaban J connectivity index is 2.28. The first-order chi connectivity index (χ1) is 9.11. The highest BCUT2D eigenvalue weighted by atomic mass is 16.5. The van der Waals surface area contributed by atoms with Gasteiger partial charge in [0, 0.05) is 13.0 Å². The average Bonchev–Trinajstić information content (AvgIpc) is 2.38. The number of carbonyl (C=O) groups is 1. The Hall–Kier alpha value is -1.55. The predicted molar refractivity (Wildman–Crippen MR) is 77.2 cm³/mol. The highest BCUT2D eigenvalue weighted by Crippen LogP contribution is 2.13. The molecule has 4 heteroatoms. The van der Waals surface area contributed by atoms with E-state index >= 15 is 0 Å². The first-order valence-corrected chi connectivity index (χ1v) is 6.84. The number of carbonyl (C=O) groups excluding carboxylic acids is 1. The number of hydrogen-bond acceptors (Lipinski definition) is 3. The molecule has 19 heavy (non-hydrogen) atoms. The van der Waals surface area contributed by atoms with Crippen molar-refractivity contribution in [3.63, 3.8) is 0 Å². The number of amides is 1. The van der Waals surface area contributed by atoms with Crippen molar-refractivity contribution in [2.24, 2.45) is 5.73 Å². The highest BCUT2D eigenvalue weighted by Gasteiger charge is 2.01. The van der Waals surface area contributed by atoms with E-state index in [0.29, 0.717) is 19.5 Å². The standard InChI is InChI=1S/C15H24N2O2/c1-12(2)19-14-7-5-13(6-8-14)9-11-17-15(18)4-3-10-16/h5-8,12H,3-4,9-11,16H2,1-2H3,(H,17,18). The number of benzene rings is 1. The van der Waals surface area contributed by atoms with Gasteiger partial charge in [0.25, 0.3) is 0 Å². The third kappa shape index (κ3) is 6.82. The van der Waals surface area contributed by atoms with E-state index in [1.54, 1.807) is 0 Å². The van der Waals surface area contributed by atoms with E-state index in [-0.39, 0.29) is 12.0 Å². The van der Waals surface area contributed by atoms with E-state index in [1.165, 1.54) is 5.56 Å². The molecule has 0 spiro atoms. The molecule has 0 aliphatic carbocycles. The molecule has 0 heterocycles. The minimum atomic E-state index is 0.0743. The van der Waals surface area contributed by atoms with Gasteiger partial charge in [-0.05, 0) is 50.9 Å². The van der Waals surface area contributed by atoms with Crippen molar-refractivity contribution < 1.29 is 9.53 Å². The summed E-state index contributed by atoms with van der Waals surface area (Å²) in [6, 6.07) is 7.99. The van der Waals surface area contributed by atoms with Gasteiger partial charge in [-0.3, -0.25) is 4.79 Å². The van der Waals surface area contributed by atoms with Crippen LogP contribution in [-0.2, 0) is 11.2 Å². The summed E-state index contributed by atoms with van der Waals surface area (Å²) >= 11 is 0. The van der Waals surface area contributed by atoms with Gasteiger partial charge in [0.15, 0.2) is 0 Å². The molecule has 1 amide bonds. The quantitative estimate of drug-likeness (QED) is 0.753. The predicted octanol–water partition coefficient (Wildman–Crippen LogP) is 1.87. The lowest BCUT2D eigenvalue weighted by atomic mass is 10.1. The Morgan fingerprint density at radius 3 is 2.58 bits per heavy atom. The lowest BCUT2D eigenvalue weighted by molar-refractivity contribution is -0.121. The highest BCUT2D eigenvalue weighted by molar-refractivity contribution is 5.75. The molecule has 0 aliphatic heterocycles. The molecule has 106 valence electrons. The van der Waals surface area contributed by atoms with E-state index in [4.69, 9.17) is 10.5 Å². The minimum absolute atomic E-state index is 0.0743. The van der Waals surface area contributed by atoms with E-state index in [0.717, 1.165) is 18.6 Å². The molecular weight excluding hydrogens is 240 g/mol. The smallest absolute Gasteiger partial charge is 0.220 e. The van der Waals surface area contributed by atoms with Crippen molar-refractivity contribution >= 4 is 5.91 Å². The van der Waals surface area contributed by atoms with Gasteiger partial charge < -0.3 is 15.8 Å². The molecular formula is C15H24N2O2. The SMILES string of the molecule is CC(C)Oc1ccc(CCNC(=O)CCCN)cc1. The maximum Gasteiger partial charge on any atom is 0.220 e. The average molecular weight is 264 g/mol. The summed E-state index contributed by atoms with van der Waals surface area (Å²) in [4.78, 5) is 11.4. The Morgan fingerprint density at radius 2 is 2.00 bits per heavy atom. The summed E-state index contributed by atoms with van der Waals surface area (Å²) in [5.74, 6) is 0.955. The summed E-state index contributed by atoms with van der Waals surface area (Å²) in [5.41, 5.74) is 6.54. The molecule has 0 fully saturated rings. The molecule has 0 unspecified atom stereocenters. The maximum atomic E-state index is 11.4. The first kappa shape index (κ1) is 15.5.